The average Bonchev–Trinajstić information content (AvgIpc) is 1.53. The zero-order chi connectivity index (χ0) is 69.4. The molecule has 5 nitrogen and oxygen atoms in total. The third-order valence-corrected chi connectivity index (χ3v) is 21.6. The van der Waals surface area contributed by atoms with Crippen molar-refractivity contribution >= 4 is 88.5 Å². The van der Waals surface area contributed by atoms with E-state index in [4.69, 9.17) is 0 Å². The first-order valence-electron chi connectivity index (χ1n) is 35.8. The molecular weight excluding hydrogens is 1260 g/mol. The molecule has 0 bridgehead atoms. The van der Waals surface area contributed by atoms with Crippen molar-refractivity contribution in [3.8, 4) is 73.1 Å². The molecule has 2 heterocycles. The Morgan fingerprint density at radius 2 is 0.673 bits per heavy atom. The van der Waals surface area contributed by atoms with Crippen LogP contribution in [0.1, 0.15) is 41.7 Å². The molecular formula is C99H69N5. The fraction of sp³-hybridized carbons (Fsp3) is 0.0404. The number of aromatic nitrogens is 2. The molecule has 5 heteroatoms. The van der Waals surface area contributed by atoms with E-state index in [1.165, 1.54) is 127 Å². The summed E-state index contributed by atoms with van der Waals surface area (Å²) in [5.74, 6) is 0. The number of rotatable bonds is 11. The topological polar surface area (TPSA) is 40.1 Å². The lowest BCUT2D eigenvalue weighted by Crippen LogP contribution is -2.16. The maximum Gasteiger partial charge on any atom is 0.0991 e. The van der Waals surface area contributed by atoms with E-state index in [0.717, 1.165) is 57.4 Å². The van der Waals surface area contributed by atoms with Crippen molar-refractivity contribution in [1.29, 1.82) is 5.26 Å². The molecule has 2 aliphatic rings. The van der Waals surface area contributed by atoms with Crippen molar-refractivity contribution in [3.05, 3.63) is 398 Å². The van der Waals surface area contributed by atoms with Gasteiger partial charge in [0.05, 0.1) is 33.7 Å². The standard InChI is InChI=1S/C50H33N3.C49H36N2/c51-33-34-14-16-35(17-15-34)36-18-23-42(24-19-36)52(44-27-28-46-40(31-44)30-39-8-4-5-11-45(39)46)43-25-20-37(21-26-43)38-22-29-50-48(32-38)47-12-6-7-13-49(47)53(50)41-9-2-1-3-10-41;1-49(2)45-31-36(35-23-28-48-44(30-35)43-19-11-12-20-47(43)51(48)38-17-7-4-8-18-38)22-26-41(45)42-27-25-40(32-46(42)49)50(37-15-5-3-6-16-37)39-24-21-33-13-9-10-14-34(33)29-39/h1-29,31-32H,30H2;3-32H,1-2H3. The van der Waals surface area contributed by atoms with Crippen molar-refractivity contribution in [2.75, 3.05) is 9.80 Å². The van der Waals surface area contributed by atoms with Gasteiger partial charge in [-0.2, -0.15) is 5.26 Å². The molecule has 20 rings (SSSR count). The Morgan fingerprint density at radius 1 is 0.279 bits per heavy atom. The van der Waals surface area contributed by atoms with E-state index in [0.29, 0.717) is 5.56 Å². The summed E-state index contributed by atoms with van der Waals surface area (Å²) in [6.45, 7) is 4.76. The Bertz CT molecular complexity index is 6400. The number of nitriles is 1. The van der Waals surface area contributed by atoms with Gasteiger partial charge in [0.25, 0.3) is 0 Å². The average molecular weight is 1330 g/mol. The molecule has 0 saturated carbocycles. The van der Waals surface area contributed by atoms with Gasteiger partial charge in [0.2, 0.25) is 0 Å². The zero-order valence-electron chi connectivity index (χ0n) is 57.7. The number of hydrogen-bond acceptors (Lipinski definition) is 3. The number of nitrogens with zero attached hydrogens (tertiary/aromatic N) is 5. The summed E-state index contributed by atoms with van der Waals surface area (Å²) in [5, 5.41) is 16.8. The van der Waals surface area contributed by atoms with E-state index in [2.05, 4.69) is 385 Å². The van der Waals surface area contributed by atoms with Crippen LogP contribution >= 0.6 is 0 Å². The Hall–Kier alpha value is -13.5. The largest absolute Gasteiger partial charge is 0.310 e. The van der Waals surface area contributed by atoms with E-state index in [1.807, 2.05) is 24.3 Å². The molecule has 2 aromatic heterocycles. The lowest BCUT2D eigenvalue weighted by atomic mass is 9.81. The molecule has 2 aliphatic carbocycles. The van der Waals surface area contributed by atoms with Gasteiger partial charge in [0.15, 0.2) is 0 Å². The molecule has 0 fully saturated rings. The van der Waals surface area contributed by atoms with Crippen LogP contribution in [0, 0.1) is 11.3 Å². The minimum atomic E-state index is -0.171. The number of fused-ring (bicyclic) bond motifs is 13. The number of anilines is 6. The SMILES string of the molecule is CC1(C)c2cc(-c3ccc4c(c3)c3ccccc3n4-c3ccccc3)ccc2-c2ccc(N(c3ccccc3)c3ccc4ccccc4c3)cc21.N#Cc1ccc(-c2ccc(N(c3ccc(-c4ccc5c(c4)c4ccccc4n5-c4ccccc4)cc3)c3ccc4c(c3)Cc3ccccc3-4)cc2)cc1. The fourth-order valence-electron chi connectivity index (χ4n) is 16.5. The first-order valence-corrected chi connectivity index (χ1v) is 35.8. The molecule has 490 valence electrons. The molecule has 0 radical (unpaired) electrons. The van der Waals surface area contributed by atoms with Gasteiger partial charge < -0.3 is 18.9 Å². The molecule has 0 atom stereocenters. The van der Waals surface area contributed by atoms with Crippen LogP contribution in [-0.2, 0) is 11.8 Å². The molecule has 0 aliphatic heterocycles. The lowest BCUT2D eigenvalue weighted by molar-refractivity contribution is 0.660. The molecule has 0 N–H and O–H groups in total. The van der Waals surface area contributed by atoms with Gasteiger partial charge in [0, 0.05) is 72.5 Å². The molecule has 0 amide bonds. The lowest BCUT2D eigenvalue weighted by Gasteiger charge is -2.28. The summed E-state index contributed by atoms with van der Waals surface area (Å²) in [6, 6.07) is 136. The fourth-order valence-corrected chi connectivity index (χ4v) is 16.5. The first kappa shape index (κ1) is 61.6. The summed E-state index contributed by atoms with van der Waals surface area (Å²) < 4.78 is 4.74. The quantitative estimate of drug-likeness (QED) is 0.130. The van der Waals surface area contributed by atoms with Crippen molar-refractivity contribution in [2.45, 2.75) is 25.7 Å². The summed E-state index contributed by atoms with van der Waals surface area (Å²) >= 11 is 0. The smallest absolute Gasteiger partial charge is 0.0991 e. The molecule has 104 heavy (non-hydrogen) atoms. The van der Waals surface area contributed by atoms with Crippen molar-refractivity contribution < 1.29 is 0 Å². The Morgan fingerprint density at radius 3 is 1.29 bits per heavy atom. The maximum atomic E-state index is 9.27. The Balaban J connectivity index is 0.000000143. The van der Waals surface area contributed by atoms with Crippen LogP contribution in [0.2, 0.25) is 0 Å². The molecule has 0 saturated heterocycles. The number of para-hydroxylation sites is 5. The van der Waals surface area contributed by atoms with Crippen LogP contribution in [0.25, 0.3) is 121 Å². The summed E-state index contributed by atoms with van der Waals surface area (Å²) in [6.07, 6.45) is 0.937. The van der Waals surface area contributed by atoms with E-state index >= 15 is 0 Å². The van der Waals surface area contributed by atoms with Gasteiger partial charge >= 0.3 is 0 Å². The maximum absolute atomic E-state index is 9.27. The summed E-state index contributed by atoms with van der Waals surface area (Å²) in [4.78, 5) is 4.74. The second-order valence-corrected chi connectivity index (χ2v) is 28.0. The monoisotopic (exact) mass is 1330 g/mol. The second-order valence-electron chi connectivity index (χ2n) is 28.0. The third kappa shape index (κ3) is 10.6. The van der Waals surface area contributed by atoms with E-state index in [-0.39, 0.29) is 5.41 Å². The second kappa shape index (κ2) is 25.3. The van der Waals surface area contributed by atoms with Gasteiger partial charge in [-0.1, -0.05) is 232 Å². The summed E-state index contributed by atoms with van der Waals surface area (Å²) in [7, 11) is 0. The van der Waals surface area contributed by atoms with Crippen LogP contribution < -0.4 is 9.80 Å². The van der Waals surface area contributed by atoms with E-state index < -0.39 is 0 Å². The van der Waals surface area contributed by atoms with Crippen LogP contribution in [0.5, 0.6) is 0 Å². The van der Waals surface area contributed by atoms with E-state index in [1.54, 1.807) is 0 Å². The minimum absolute atomic E-state index is 0.171. The summed E-state index contributed by atoms with van der Waals surface area (Å²) in [5.41, 5.74) is 32.3. The van der Waals surface area contributed by atoms with Gasteiger partial charge in [-0.15, -0.1) is 0 Å². The van der Waals surface area contributed by atoms with E-state index in [9.17, 15) is 5.26 Å². The molecule has 0 unspecified atom stereocenters. The first-order chi connectivity index (χ1) is 51.3. The molecule has 18 aromatic rings. The van der Waals surface area contributed by atoms with Crippen LogP contribution in [-0.4, -0.2) is 9.13 Å². The van der Waals surface area contributed by atoms with Crippen LogP contribution in [0.15, 0.2) is 370 Å². The van der Waals surface area contributed by atoms with Crippen molar-refractivity contribution in [2.24, 2.45) is 0 Å². The van der Waals surface area contributed by atoms with Crippen LogP contribution in [0.3, 0.4) is 0 Å². The molecule has 16 aromatic carbocycles. The Kier molecular flexibility index (Phi) is 15.0. The van der Waals surface area contributed by atoms with Gasteiger partial charge in [-0.3, -0.25) is 0 Å². The van der Waals surface area contributed by atoms with Gasteiger partial charge in [0.1, 0.15) is 0 Å². The minimum Gasteiger partial charge on any atom is -0.310 e. The van der Waals surface area contributed by atoms with Gasteiger partial charge in [-0.05, 0) is 247 Å². The predicted molar refractivity (Wildman–Crippen MR) is 435 cm³/mol. The normalized spacial score (nSPS) is 12.4. The van der Waals surface area contributed by atoms with Crippen molar-refractivity contribution in [3.63, 3.8) is 0 Å². The van der Waals surface area contributed by atoms with Crippen LogP contribution in [0.4, 0.5) is 34.1 Å². The Labute approximate surface area is 605 Å². The number of benzene rings is 16. The zero-order valence-corrected chi connectivity index (χ0v) is 57.7. The number of hydrogen-bond donors (Lipinski definition) is 0. The van der Waals surface area contributed by atoms with Crippen molar-refractivity contribution in [1.82, 2.24) is 9.13 Å². The highest BCUT2D eigenvalue weighted by Crippen LogP contribution is 2.53. The van der Waals surface area contributed by atoms with Gasteiger partial charge in [-0.25, -0.2) is 0 Å². The highest BCUT2D eigenvalue weighted by Gasteiger charge is 2.37. The highest BCUT2D eigenvalue weighted by molar-refractivity contribution is 6.12. The highest BCUT2D eigenvalue weighted by atomic mass is 15.1. The third-order valence-electron chi connectivity index (χ3n) is 21.6. The molecule has 0 spiro atoms. The predicted octanol–water partition coefficient (Wildman–Crippen LogP) is 26.4.